The van der Waals surface area contributed by atoms with Crippen molar-refractivity contribution in [1.29, 1.82) is 0 Å². The summed E-state index contributed by atoms with van der Waals surface area (Å²) in [7, 11) is -0.786. The van der Waals surface area contributed by atoms with Gasteiger partial charge in [0.05, 0.1) is 12.2 Å². The van der Waals surface area contributed by atoms with Crippen LogP contribution in [0.5, 0.6) is 5.75 Å². The molecule has 2 aromatic rings. The summed E-state index contributed by atoms with van der Waals surface area (Å²) in [5.74, 6) is -0.556. The summed E-state index contributed by atoms with van der Waals surface area (Å²) in [6.07, 6.45) is 6.12. The van der Waals surface area contributed by atoms with E-state index in [-0.39, 0.29) is 23.4 Å². The number of unbranched alkanes of at least 4 members (excludes halogenated alkanes) is 3. The van der Waals surface area contributed by atoms with Gasteiger partial charge in [-0.25, -0.2) is 4.79 Å². The van der Waals surface area contributed by atoms with Gasteiger partial charge in [0, 0.05) is 25.0 Å². The maximum atomic E-state index is 13.5. The second kappa shape index (κ2) is 17.4. The predicted octanol–water partition coefficient (Wildman–Crippen LogP) is 7.13. The number of carbonyl (C=O) groups excluding carboxylic acids is 3. The first-order chi connectivity index (χ1) is 19.2. The van der Waals surface area contributed by atoms with E-state index in [1.165, 1.54) is 0 Å². The van der Waals surface area contributed by atoms with Crippen molar-refractivity contribution in [3.05, 3.63) is 65.7 Å². The summed E-state index contributed by atoms with van der Waals surface area (Å²) in [6, 6.07) is 15.5. The lowest BCUT2D eigenvalue weighted by Crippen LogP contribution is -2.35. The minimum Gasteiger partial charge on any atom is -0.494 e. The summed E-state index contributed by atoms with van der Waals surface area (Å²) < 4.78 is 16.4. The first-order valence-electron chi connectivity index (χ1n) is 14.1. The van der Waals surface area contributed by atoms with E-state index in [0.29, 0.717) is 36.3 Å². The van der Waals surface area contributed by atoms with Crippen LogP contribution in [0.3, 0.4) is 0 Å². The van der Waals surface area contributed by atoms with Gasteiger partial charge >= 0.3 is 14.5 Å². The van der Waals surface area contributed by atoms with E-state index in [1.54, 1.807) is 55.6 Å². The Bertz CT molecular complexity index is 1100. The van der Waals surface area contributed by atoms with Gasteiger partial charge in [0.15, 0.2) is 0 Å². The molecule has 0 fully saturated rings. The molecule has 1 unspecified atom stereocenters. The summed E-state index contributed by atoms with van der Waals surface area (Å²) >= 11 is 0. The Kier molecular flexibility index (Phi) is 14.3. The molecule has 0 aliphatic heterocycles. The Balaban J connectivity index is 1.94. The summed E-state index contributed by atoms with van der Waals surface area (Å²) in [6.45, 7) is 8.27. The largest absolute Gasteiger partial charge is 0.494 e. The normalized spacial score (nSPS) is 12.5. The number of hydrogen-bond donors (Lipinski definition) is 0. The molecule has 0 spiro atoms. The van der Waals surface area contributed by atoms with Gasteiger partial charge in [0.1, 0.15) is 11.5 Å². The number of nitrogens with zero attached hydrogens (tertiary/aromatic N) is 1. The van der Waals surface area contributed by atoms with E-state index in [9.17, 15) is 14.4 Å². The monoisotopic (exact) mass is 569 g/mol. The number of hydrogen-bond acceptors (Lipinski definition) is 8. The van der Waals surface area contributed by atoms with Crippen molar-refractivity contribution >= 4 is 32.0 Å². The van der Waals surface area contributed by atoms with Gasteiger partial charge in [0.2, 0.25) is 5.78 Å². The van der Waals surface area contributed by atoms with Crippen LogP contribution in [0.4, 0.5) is 0 Å². The molecule has 9 heteroatoms. The quantitative estimate of drug-likeness (QED) is 0.0470. The second-order valence-corrected chi connectivity index (χ2v) is 13.5. The standard InChI is InChI=1S/C31H43NO7Si/c1-6-8-15-24(7-2)29(32-38-31(35)26-16-11-9-12-17-26)30(34)25-19-21-27(22-20-25)37-23-14-10-13-18-28(33)39-40(4,5)36-3/h9,11-12,16-17,19-22,24H,6-8,10,13-15,18,23H2,1-5H3/b32-29+. The molecule has 0 saturated carbocycles. The zero-order valence-corrected chi connectivity index (χ0v) is 25.4. The average molecular weight is 570 g/mol. The molecule has 0 aliphatic rings. The van der Waals surface area contributed by atoms with E-state index in [2.05, 4.69) is 12.1 Å². The molecule has 8 nitrogen and oxygen atoms in total. The molecular formula is C31H43NO7Si. The summed E-state index contributed by atoms with van der Waals surface area (Å²) in [5.41, 5.74) is 1.08. The highest BCUT2D eigenvalue weighted by atomic mass is 28.4. The van der Waals surface area contributed by atoms with E-state index in [0.717, 1.165) is 38.5 Å². The van der Waals surface area contributed by atoms with Crippen molar-refractivity contribution in [2.75, 3.05) is 13.7 Å². The molecule has 2 aromatic carbocycles. The molecule has 0 radical (unpaired) electrons. The molecule has 0 aliphatic carbocycles. The van der Waals surface area contributed by atoms with Crippen LogP contribution in [0.1, 0.15) is 85.9 Å². The Morgan fingerprint density at radius 1 is 0.875 bits per heavy atom. The Morgan fingerprint density at radius 2 is 1.57 bits per heavy atom. The van der Waals surface area contributed by atoms with Gasteiger partial charge < -0.3 is 18.4 Å². The lowest BCUT2D eigenvalue weighted by molar-refractivity contribution is -0.136. The van der Waals surface area contributed by atoms with E-state index >= 15 is 0 Å². The van der Waals surface area contributed by atoms with Gasteiger partial charge in [-0.05, 0) is 81.6 Å². The zero-order chi connectivity index (χ0) is 29.4. The average Bonchev–Trinajstić information content (AvgIpc) is 2.96. The number of ether oxygens (including phenoxy) is 1. The minimum atomic E-state index is -2.35. The topological polar surface area (TPSA) is 100 Å². The Hall–Kier alpha value is -3.30. The number of rotatable bonds is 18. The lowest BCUT2D eigenvalue weighted by atomic mass is 9.89. The Morgan fingerprint density at radius 3 is 2.20 bits per heavy atom. The van der Waals surface area contributed by atoms with Gasteiger partial charge in [-0.15, -0.1) is 0 Å². The number of carbonyl (C=O) groups is 3. The third kappa shape index (κ3) is 11.4. The zero-order valence-electron chi connectivity index (χ0n) is 24.4. The van der Waals surface area contributed by atoms with Gasteiger partial charge in [-0.1, -0.05) is 50.0 Å². The third-order valence-corrected chi connectivity index (χ3v) is 8.22. The first-order valence-corrected chi connectivity index (χ1v) is 16.9. The molecule has 0 amide bonds. The SMILES string of the molecule is CCCCC(CC)/C(=N\OC(=O)c1ccccc1)C(=O)c1ccc(OCCCCCC(=O)O[Si](C)(C)OC)cc1. The summed E-state index contributed by atoms with van der Waals surface area (Å²) in [4.78, 5) is 43.0. The van der Waals surface area contributed by atoms with Crippen LogP contribution in [-0.4, -0.2) is 45.7 Å². The van der Waals surface area contributed by atoms with Crippen LogP contribution in [0.2, 0.25) is 13.1 Å². The van der Waals surface area contributed by atoms with Crippen molar-refractivity contribution in [2.45, 2.75) is 78.3 Å². The fourth-order valence-electron chi connectivity index (χ4n) is 3.96. The van der Waals surface area contributed by atoms with Crippen molar-refractivity contribution in [2.24, 2.45) is 11.1 Å². The van der Waals surface area contributed by atoms with Crippen molar-refractivity contribution < 1.29 is 32.8 Å². The maximum Gasteiger partial charge on any atom is 0.394 e. The third-order valence-electron chi connectivity index (χ3n) is 6.52. The molecule has 0 saturated heterocycles. The van der Waals surface area contributed by atoms with Gasteiger partial charge in [-0.3, -0.25) is 9.59 Å². The second-order valence-electron chi connectivity index (χ2n) is 10.1. The van der Waals surface area contributed by atoms with Crippen LogP contribution >= 0.6 is 0 Å². The maximum absolute atomic E-state index is 13.5. The molecule has 0 heterocycles. The molecule has 0 bridgehead atoms. The highest BCUT2D eigenvalue weighted by Gasteiger charge is 2.27. The smallest absolute Gasteiger partial charge is 0.394 e. The van der Waals surface area contributed by atoms with Crippen LogP contribution < -0.4 is 4.74 Å². The number of oxime groups is 1. The van der Waals surface area contributed by atoms with Crippen LogP contribution in [0, 0.1) is 5.92 Å². The summed E-state index contributed by atoms with van der Waals surface area (Å²) in [5, 5.41) is 4.09. The molecule has 40 heavy (non-hydrogen) atoms. The molecular weight excluding hydrogens is 526 g/mol. The highest BCUT2D eigenvalue weighted by molar-refractivity contribution is 6.66. The van der Waals surface area contributed by atoms with E-state index < -0.39 is 14.5 Å². The van der Waals surface area contributed by atoms with Crippen LogP contribution in [0.15, 0.2) is 59.8 Å². The highest BCUT2D eigenvalue weighted by Crippen LogP contribution is 2.21. The fourth-order valence-corrected chi connectivity index (χ4v) is 4.69. The van der Waals surface area contributed by atoms with Crippen LogP contribution in [0.25, 0.3) is 0 Å². The van der Waals surface area contributed by atoms with E-state index in [1.807, 2.05) is 26.1 Å². The van der Waals surface area contributed by atoms with Gasteiger partial charge in [0.25, 0.3) is 5.97 Å². The van der Waals surface area contributed by atoms with E-state index in [4.69, 9.17) is 18.4 Å². The lowest BCUT2D eigenvalue weighted by Gasteiger charge is -2.19. The van der Waals surface area contributed by atoms with Crippen molar-refractivity contribution in [1.82, 2.24) is 0 Å². The first kappa shape index (κ1) is 32.9. The number of Topliss-reactive ketones (excluding diaryl/α,β-unsaturated/α-hetero) is 1. The Labute approximate surface area is 239 Å². The molecule has 1 atom stereocenters. The molecule has 0 N–H and O–H groups in total. The minimum absolute atomic E-state index is 0.118. The molecule has 2 rings (SSSR count). The van der Waals surface area contributed by atoms with Crippen molar-refractivity contribution in [3.8, 4) is 5.75 Å². The predicted molar refractivity (Wildman–Crippen MR) is 158 cm³/mol. The molecule has 0 aromatic heterocycles. The number of benzene rings is 2. The number of ketones is 1. The van der Waals surface area contributed by atoms with Crippen molar-refractivity contribution in [3.63, 3.8) is 0 Å². The fraction of sp³-hybridized carbons (Fsp3) is 0.484. The van der Waals surface area contributed by atoms with Gasteiger partial charge in [-0.2, -0.15) is 0 Å². The molecule has 218 valence electrons. The van der Waals surface area contributed by atoms with Crippen LogP contribution in [-0.2, 0) is 18.5 Å².